The van der Waals surface area contributed by atoms with E-state index in [9.17, 15) is 44.3 Å². The highest BCUT2D eigenvalue weighted by molar-refractivity contribution is 9.10. The highest BCUT2D eigenvalue weighted by atomic mass is 79.9. The number of unbranched alkanes of at least 4 members (excludes halogenated alkanes) is 1. The Morgan fingerprint density at radius 3 is 1.91 bits per heavy atom. The van der Waals surface area contributed by atoms with E-state index in [2.05, 4.69) is 21.2 Å². The van der Waals surface area contributed by atoms with Crippen molar-refractivity contribution in [1.29, 1.82) is 0 Å². The Morgan fingerprint density at radius 1 is 0.886 bits per heavy atom. The van der Waals surface area contributed by atoms with Crippen molar-refractivity contribution in [2.24, 2.45) is 0 Å². The molecule has 35 heavy (non-hydrogen) atoms. The van der Waals surface area contributed by atoms with Gasteiger partial charge in [0.05, 0.1) is 22.7 Å². The van der Waals surface area contributed by atoms with Crippen molar-refractivity contribution in [3.63, 3.8) is 0 Å². The molecule has 0 aliphatic heterocycles. The number of rotatable bonds is 7. The van der Waals surface area contributed by atoms with E-state index < -0.39 is 47.4 Å². The molecular weight excluding hydrogens is 561 g/mol. The molecule has 192 valence electrons. The summed E-state index contributed by atoms with van der Waals surface area (Å²) in [5, 5.41) is 11.2. The van der Waals surface area contributed by atoms with E-state index >= 15 is 0 Å². The first-order chi connectivity index (χ1) is 16.0. The predicted octanol–water partition coefficient (Wildman–Crippen LogP) is 8.70. The summed E-state index contributed by atoms with van der Waals surface area (Å²) in [5.41, 5.74) is -4.23. The fourth-order valence-electron chi connectivity index (χ4n) is 3.18. The summed E-state index contributed by atoms with van der Waals surface area (Å²) in [6.07, 6.45) is -13.5. The first-order valence-corrected chi connectivity index (χ1v) is 10.6. The third-order valence-electron chi connectivity index (χ3n) is 4.78. The largest absolute Gasteiger partial charge is 0.465 e. The van der Waals surface area contributed by atoms with Crippen molar-refractivity contribution < 1.29 is 49.4 Å². The van der Waals surface area contributed by atoms with Crippen LogP contribution in [-0.4, -0.2) is 11.2 Å². The van der Waals surface area contributed by atoms with Gasteiger partial charge >= 0.3 is 24.6 Å². The summed E-state index contributed by atoms with van der Waals surface area (Å²) in [7, 11) is 0. The molecule has 2 aromatic carbocycles. The molecule has 13 heteroatoms. The van der Waals surface area contributed by atoms with Crippen LogP contribution in [0.15, 0.2) is 46.9 Å². The van der Waals surface area contributed by atoms with Gasteiger partial charge in [-0.15, -0.1) is 0 Å². The summed E-state index contributed by atoms with van der Waals surface area (Å²) < 4.78 is 117. The van der Waals surface area contributed by atoms with Gasteiger partial charge in [0.25, 0.3) is 0 Å². The van der Waals surface area contributed by atoms with Crippen LogP contribution in [0.4, 0.5) is 44.3 Å². The number of halogens is 10. The third kappa shape index (κ3) is 8.48. The van der Waals surface area contributed by atoms with Crippen molar-refractivity contribution >= 4 is 28.1 Å². The molecule has 0 saturated heterocycles. The molecule has 0 bridgehead atoms. The summed E-state index contributed by atoms with van der Waals surface area (Å²) in [4.78, 5) is 11.1. The average molecular weight is 578 g/mol. The minimum absolute atomic E-state index is 0.00638. The van der Waals surface area contributed by atoms with Crippen LogP contribution in [0.5, 0.6) is 0 Å². The first kappa shape index (κ1) is 28.5. The minimum atomic E-state index is -4.99. The van der Waals surface area contributed by atoms with Gasteiger partial charge in [0, 0.05) is 4.47 Å². The average Bonchev–Trinajstić information content (AvgIpc) is 2.70. The van der Waals surface area contributed by atoms with Crippen LogP contribution >= 0.6 is 15.9 Å². The molecule has 0 spiro atoms. The smallest absolute Gasteiger partial charge is 0.416 e. The number of carbonyl (C=O) groups is 1. The van der Waals surface area contributed by atoms with Crippen molar-refractivity contribution in [3.05, 3.63) is 74.8 Å². The number of carboxylic acid groups (broad SMARTS) is 1. The van der Waals surface area contributed by atoms with E-state index in [1.807, 2.05) is 0 Å². The zero-order chi connectivity index (χ0) is 26.6. The van der Waals surface area contributed by atoms with Crippen molar-refractivity contribution in [1.82, 2.24) is 5.32 Å². The topological polar surface area (TPSA) is 49.3 Å². The predicted molar refractivity (Wildman–Crippen MR) is 112 cm³/mol. The highest BCUT2D eigenvalue weighted by Crippen LogP contribution is 2.37. The van der Waals surface area contributed by atoms with Gasteiger partial charge in [-0.3, -0.25) is 0 Å². The lowest BCUT2D eigenvalue weighted by Crippen LogP contribution is -2.27. The number of amides is 1. The van der Waals surface area contributed by atoms with Gasteiger partial charge in [-0.2, -0.15) is 39.5 Å². The zero-order valence-corrected chi connectivity index (χ0v) is 19.0. The number of benzene rings is 2. The third-order valence-corrected chi connectivity index (χ3v) is 5.50. The SMILES string of the molecule is O=C(O)N[C@H](CCCC=Cc1cc(C(F)(F)F)cc(C(F)(F)F)c1)c1cc(C(F)(F)F)ccc1Br. The van der Waals surface area contributed by atoms with Crippen molar-refractivity contribution in [2.75, 3.05) is 0 Å². The first-order valence-electron chi connectivity index (χ1n) is 9.80. The van der Waals surface area contributed by atoms with E-state index in [-0.39, 0.29) is 40.9 Å². The van der Waals surface area contributed by atoms with Crippen LogP contribution in [0.25, 0.3) is 6.08 Å². The maximum absolute atomic E-state index is 13.0. The summed E-state index contributed by atoms with van der Waals surface area (Å²) >= 11 is 3.09. The minimum Gasteiger partial charge on any atom is -0.465 e. The van der Waals surface area contributed by atoms with Crippen LogP contribution in [0, 0.1) is 0 Å². The summed E-state index contributed by atoms with van der Waals surface area (Å²) in [6, 6.07) is 2.80. The fourth-order valence-corrected chi connectivity index (χ4v) is 3.70. The maximum Gasteiger partial charge on any atom is 0.416 e. The molecule has 0 aliphatic carbocycles. The standard InChI is InChI=1S/C22H17BrF9NO2/c23-17-7-6-13(20(24,25)26)11-16(17)18(33-19(34)35)5-3-1-2-4-12-8-14(21(27,28)29)10-15(9-12)22(30,31)32/h2,4,6-11,18,33H,1,3,5H2,(H,34,35)/t18-/m1/s1. The lowest BCUT2D eigenvalue weighted by atomic mass is 9.98. The molecule has 2 N–H and O–H groups in total. The van der Waals surface area contributed by atoms with E-state index in [0.717, 1.165) is 24.3 Å². The van der Waals surface area contributed by atoms with E-state index in [0.29, 0.717) is 12.1 Å². The molecule has 2 rings (SSSR count). The van der Waals surface area contributed by atoms with E-state index in [4.69, 9.17) is 5.11 Å². The van der Waals surface area contributed by atoms with Crippen LogP contribution in [0.3, 0.4) is 0 Å². The van der Waals surface area contributed by atoms with Gasteiger partial charge in [-0.1, -0.05) is 28.1 Å². The Kier molecular flexibility index (Phi) is 8.90. The molecule has 0 fully saturated rings. The van der Waals surface area contributed by atoms with Gasteiger partial charge in [-0.25, -0.2) is 4.79 Å². The molecule has 1 amide bonds. The Balaban J connectivity index is 2.18. The van der Waals surface area contributed by atoms with Crippen molar-refractivity contribution in [2.45, 2.75) is 43.8 Å². The number of hydrogen-bond donors (Lipinski definition) is 2. The second kappa shape index (κ2) is 10.9. The fraction of sp³-hybridized carbons (Fsp3) is 0.318. The monoisotopic (exact) mass is 577 g/mol. The lowest BCUT2D eigenvalue weighted by molar-refractivity contribution is -0.143. The molecule has 0 heterocycles. The molecule has 1 atom stereocenters. The van der Waals surface area contributed by atoms with E-state index in [1.54, 1.807) is 0 Å². The van der Waals surface area contributed by atoms with Crippen molar-refractivity contribution in [3.8, 4) is 0 Å². The Bertz CT molecular complexity index is 1040. The number of alkyl halides is 9. The maximum atomic E-state index is 13.0. The Hall–Kier alpha value is -2.70. The molecule has 0 aliphatic rings. The molecule has 3 nitrogen and oxygen atoms in total. The summed E-state index contributed by atoms with van der Waals surface area (Å²) in [5.74, 6) is 0. The van der Waals surface area contributed by atoms with Gasteiger partial charge in [0.2, 0.25) is 0 Å². The molecule has 0 saturated carbocycles. The Labute approximate surface area is 201 Å². The van der Waals surface area contributed by atoms with Crippen LogP contribution in [0.2, 0.25) is 0 Å². The normalized spacial score (nSPS) is 13.8. The molecular formula is C22H17BrF9NO2. The van der Waals surface area contributed by atoms with Gasteiger partial charge in [-0.05, 0) is 66.8 Å². The van der Waals surface area contributed by atoms with Gasteiger partial charge in [0.1, 0.15) is 0 Å². The second-order valence-electron chi connectivity index (χ2n) is 7.41. The molecule has 0 radical (unpaired) electrons. The van der Waals surface area contributed by atoms with Gasteiger partial charge in [0.15, 0.2) is 0 Å². The molecule has 0 aromatic heterocycles. The summed E-state index contributed by atoms with van der Waals surface area (Å²) in [6.45, 7) is 0. The lowest BCUT2D eigenvalue weighted by Gasteiger charge is -2.20. The zero-order valence-electron chi connectivity index (χ0n) is 17.5. The van der Waals surface area contributed by atoms with Crippen LogP contribution in [-0.2, 0) is 18.5 Å². The number of allylic oxidation sites excluding steroid dienone is 1. The second-order valence-corrected chi connectivity index (χ2v) is 8.26. The molecule has 0 unspecified atom stereocenters. The quantitative estimate of drug-likeness (QED) is 0.255. The van der Waals surface area contributed by atoms with Crippen LogP contribution < -0.4 is 5.32 Å². The highest BCUT2D eigenvalue weighted by Gasteiger charge is 2.36. The molecule has 2 aromatic rings. The van der Waals surface area contributed by atoms with Gasteiger partial charge < -0.3 is 10.4 Å². The Morgan fingerprint density at radius 2 is 1.43 bits per heavy atom. The number of hydrogen-bond acceptors (Lipinski definition) is 1. The van der Waals surface area contributed by atoms with Crippen LogP contribution in [0.1, 0.15) is 53.1 Å². The van der Waals surface area contributed by atoms with E-state index in [1.165, 1.54) is 6.08 Å². The number of nitrogens with one attached hydrogen (secondary N) is 1.